The van der Waals surface area contributed by atoms with Crippen LogP contribution in [0.5, 0.6) is 0 Å². The molecule has 7 nitrogen and oxygen atoms in total. The number of aromatic nitrogens is 4. The van der Waals surface area contributed by atoms with Gasteiger partial charge in [-0.3, -0.25) is 9.89 Å². The summed E-state index contributed by atoms with van der Waals surface area (Å²) in [4.78, 5) is 35.8. The van der Waals surface area contributed by atoms with Crippen LogP contribution in [0, 0.1) is 0 Å². The van der Waals surface area contributed by atoms with Crippen LogP contribution in [0.4, 0.5) is 5.69 Å². The monoisotopic (exact) mass is 487 g/mol. The zero-order valence-electron chi connectivity index (χ0n) is 17.0. The number of aromatic amines is 1. The molecule has 2 aliphatic heterocycles. The molecule has 0 saturated carbocycles. The molecule has 2 aromatic rings. The molecule has 162 valence electrons. The average molecular weight is 489 g/mol. The fourth-order valence-electron chi connectivity index (χ4n) is 3.43. The largest absolute Gasteiger partial charge is 0.295 e. The van der Waals surface area contributed by atoms with Crippen LogP contribution in [0.3, 0.4) is 0 Å². The van der Waals surface area contributed by atoms with Crippen molar-refractivity contribution >= 4 is 46.6 Å². The van der Waals surface area contributed by atoms with Crippen LogP contribution in [0.1, 0.15) is 36.8 Å². The number of isocyanates is 1. The van der Waals surface area contributed by atoms with E-state index >= 15 is 0 Å². The van der Waals surface area contributed by atoms with E-state index in [1.807, 2.05) is 13.8 Å². The molecule has 0 atom stereocenters. The van der Waals surface area contributed by atoms with Crippen molar-refractivity contribution < 1.29 is 4.79 Å². The molecule has 0 amide bonds. The molecular formula is C22H16Cl3N5O2. The lowest BCUT2D eigenvalue weighted by atomic mass is 10.1. The molecule has 0 bridgehead atoms. The molecule has 0 saturated heterocycles. The van der Waals surface area contributed by atoms with Gasteiger partial charge in [0.05, 0.1) is 21.4 Å². The number of rotatable bonds is 5. The maximum atomic E-state index is 13.0. The molecule has 0 aliphatic carbocycles. The highest BCUT2D eigenvalue weighted by atomic mass is 35.5. The summed E-state index contributed by atoms with van der Waals surface area (Å²) in [6, 6.07) is 10.1. The smallest absolute Gasteiger partial charge is 0.284 e. The Hall–Kier alpha value is -2.96. The second kappa shape index (κ2) is 8.88. The first-order valence-electron chi connectivity index (χ1n) is 9.61. The minimum absolute atomic E-state index is 0.00308. The van der Waals surface area contributed by atoms with Crippen LogP contribution in [-0.2, 0) is 11.2 Å². The van der Waals surface area contributed by atoms with Crippen molar-refractivity contribution in [2.24, 2.45) is 4.99 Å². The van der Waals surface area contributed by atoms with E-state index in [4.69, 9.17) is 34.8 Å². The molecule has 2 aliphatic rings. The molecule has 2 aromatic carbocycles. The van der Waals surface area contributed by atoms with E-state index in [2.05, 4.69) is 20.1 Å². The Labute approximate surface area is 198 Å². The van der Waals surface area contributed by atoms with Gasteiger partial charge in [0.15, 0.2) is 5.82 Å². The van der Waals surface area contributed by atoms with Crippen LogP contribution in [-0.4, -0.2) is 25.8 Å². The quantitative estimate of drug-likeness (QED) is 0.288. The molecule has 0 fully saturated rings. The highest BCUT2D eigenvalue weighted by molar-refractivity contribution is 6.40. The standard InChI is InChI=1S/C22H16Cl3N5O2/c1-11(2)19-18-21(30(29-19)20-15(24)8-13(23)9-16(20)25)27-17(28-22(18)32)7-12-3-5-14(6-4-12)26-10-31/h3-6,8-9,11,29H,7H2,1-2H3. The van der Waals surface area contributed by atoms with Gasteiger partial charge in [0, 0.05) is 11.4 Å². The van der Waals surface area contributed by atoms with E-state index in [0.29, 0.717) is 55.8 Å². The van der Waals surface area contributed by atoms with Gasteiger partial charge in [0.25, 0.3) is 5.56 Å². The van der Waals surface area contributed by atoms with Gasteiger partial charge in [-0.25, -0.2) is 14.5 Å². The Bertz CT molecular complexity index is 1360. The number of nitrogens with zero attached hydrogens (tertiary/aromatic N) is 4. The van der Waals surface area contributed by atoms with E-state index in [9.17, 15) is 9.59 Å². The summed E-state index contributed by atoms with van der Waals surface area (Å²) < 4.78 is 1.60. The summed E-state index contributed by atoms with van der Waals surface area (Å²) in [7, 11) is 0. The van der Waals surface area contributed by atoms with Crippen molar-refractivity contribution in [3.05, 3.63) is 78.9 Å². The molecular weight excluding hydrogens is 473 g/mol. The molecule has 10 heteroatoms. The number of aliphatic imine (C=N–C) groups is 1. The first-order valence-corrected chi connectivity index (χ1v) is 10.7. The van der Waals surface area contributed by atoms with Gasteiger partial charge in [-0.05, 0) is 35.7 Å². The number of fused-ring (bicyclic) bond motifs is 1. The first-order chi connectivity index (χ1) is 15.3. The highest BCUT2D eigenvalue weighted by Crippen LogP contribution is 2.36. The summed E-state index contributed by atoms with van der Waals surface area (Å²) in [5.74, 6) is 0.701. The molecule has 1 N–H and O–H groups in total. The molecule has 4 rings (SSSR count). The van der Waals surface area contributed by atoms with Gasteiger partial charge in [0.1, 0.15) is 17.1 Å². The lowest BCUT2D eigenvalue weighted by molar-refractivity contribution is 0.565. The van der Waals surface area contributed by atoms with Crippen LogP contribution in [0.2, 0.25) is 15.1 Å². The first kappa shape index (κ1) is 22.2. The summed E-state index contributed by atoms with van der Waals surface area (Å²) in [6.07, 6.45) is 1.81. The number of H-pyrrole nitrogens is 1. The average Bonchev–Trinajstić information content (AvgIpc) is 3.09. The van der Waals surface area contributed by atoms with Gasteiger partial charge in [-0.15, -0.1) is 0 Å². The molecule has 32 heavy (non-hydrogen) atoms. The van der Waals surface area contributed by atoms with E-state index in [0.717, 1.165) is 5.56 Å². The van der Waals surface area contributed by atoms with Gasteiger partial charge >= 0.3 is 0 Å². The zero-order valence-corrected chi connectivity index (χ0v) is 19.3. The van der Waals surface area contributed by atoms with Gasteiger partial charge in [0.2, 0.25) is 6.08 Å². The lowest BCUT2D eigenvalue weighted by Crippen LogP contribution is -2.17. The maximum absolute atomic E-state index is 13.0. The number of nitrogens with one attached hydrogen (secondary N) is 1. The van der Waals surface area contributed by atoms with Crippen LogP contribution < -0.4 is 5.56 Å². The van der Waals surface area contributed by atoms with Crippen LogP contribution >= 0.6 is 34.8 Å². The second-order valence-electron chi connectivity index (χ2n) is 7.42. The minimum atomic E-state index is -0.396. The Balaban J connectivity index is 1.88. The van der Waals surface area contributed by atoms with Crippen molar-refractivity contribution in [1.29, 1.82) is 0 Å². The Morgan fingerprint density at radius 1 is 1.09 bits per heavy atom. The van der Waals surface area contributed by atoms with E-state index in [-0.39, 0.29) is 5.92 Å². The SMILES string of the molecule is CC(C)c1[nH]n(-c2c(Cl)cc(Cl)cc2Cl)c2nc(Cc3ccc(N=C=O)cc3)nc(=O)c1-2. The van der Waals surface area contributed by atoms with Gasteiger partial charge in [-0.2, -0.15) is 9.98 Å². The van der Waals surface area contributed by atoms with Crippen molar-refractivity contribution in [3.8, 4) is 17.1 Å². The third-order valence-corrected chi connectivity index (χ3v) is 5.67. The lowest BCUT2D eigenvalue weighted by Gasteiger charge is -2.11. The fourth-order valence-corrected chi connectivity index (χ4v) is 4.42. The molecule has 0 spiro atoms. The molecule has 2 heterocycles. The topological polar surface area (TPSA) is 93.0 Å². The predicted octanol–water partition coefficient (Wildman–Crippen LogP) is 5.70. The van der Waals surface area contributed by atoms with Crippen molar-refractivity contribution in [2.45, 2.75) is 26.2 Å². The Morgan fingerprint density at radius 2 is 1.75 bits per heavy atom. The second-order valence-corrected chi connectivity index (χ2v) is 8.67. The molecule has 0 aromatic heterocycles. The number of halogens is 3. The summed E-state index contributed by atoms with van der Waals surface area (Å²) in [6.45, 7) is 3.91. The van der Waals surface area contributed by atoms with Crippen molar-refractivity contribution in [3.63, 3.8) is 0 Å². The van der Waals surface area contributed by atoms with Gasteiger partial charge < -0.3 is 0 Å². The Morgan fingerprint density at radius 3 is 2.34 bits per heavy atom. The third-order valence-electron chi connectivity index (χ3n) is 4.87. The number of hydrogen-bond acceptors (Lipinski definition) is 5. The van der Waals surface area contributed by atoms with Crippen molar-refractivity contribution in [1.82, 2.24) is 19.7 Å². The fraction of sp³-hybridized carbons (Fsp3) is 0.182. The summed E-state index contributed by atoms with van der Waals surface area (Å²) >= 11 is 18.9. The molecule has 0 radical (unpaired) electrons. The van der Waals surface area contributed by atoms with Crippen molar-refractivity contribution in [2.75, 3.05) is 0 Å². The predicted molar refractivity (Wildman–Crippen MR) is 125 cm³/mol. The van der Waals surface area contributed by atoms with Crippen LogP contribution in [0.25, 0.3) is 17.1 Å². The normalized spacial score (nSPS) is 11.2. The number of carbonyl (C=O) groups excluding carboxylic acids is 1. The maximum Gasteiger partial charge on any atom is 0.284 e. The number of benzene rings is 2. The minimum Gasteiger partial charge on any atom is -0.295 e. The van der Waals surface area contributed by atoms with E-state index in [1.165, 1.54) is 6.08 Å². The summed E-state index contributed by atoms with van der Waals surface area (Å²) in [5, 5.41) is 4.23. The summed E-state index contributed by atoms with van der Waals surface area (Å²) in [5.41, 5.74) is 2.43. The zero-order chi connectivity index (χ0) is 23.0. The molecule has 0 unspecified atom stereocenters. The Kier molecular flexibility index (Phi) is 6.17. The van der Waals surface area contributed by atoms with E-state index < -0.39 is 5.56 Å². The number of hydrogen-bond donors (Lipinski definition) is 1. The third kappa shape index (κ3) is 4.20. The van der Waals surface area contributed by atoms with Crippen LogP contribution in [0.15, 0.2) is 46.2 Å². The highest BCUT2D eigenvalue weighted by Gasteiger charge is 2.27. The van der Waals surface area contributed by atoms with E-state index in [1.54, 1.807) is 41.1 Å². The van der Waals surface area contributed by atoms with Gasteiger partial charge in [-0.1, -0.05) is 60.8 Å².